The van der Waals surface area contributed by atoms with Crippen LogP contribution in [0, 0.1) is 0 Å². The summed E-state index contributed by atoms with van der Waals surface area (Å²) in [6.45, 7) is 0.115. The summed E-state index contributed by atoms with van der Waals surface area (Å²) in [4.78, 5) is 19.1. The van der Waals surface area contributed by atoms with Gasteiger partial charge in [-0.05, 0) is 12.2 Å². The van der Waals surface area contributed by atoms with Crippen molar-refractivity contribution in [2.75, 3.05) is 6.54 Å². The summed E-state index contributed by atoms with van der Waals surface area (Å²) in [5, 5.41) is 0. The molecule has 3 nitrogen and oxygen atoms in total. The molecule has 0 aromatic heterocycles. The molecule has 0 N–H and O–H groups in total. The highest BCUT2D eigenvalue weighted by molar-refractivity contribution is 6.28. The second-order valence-corrected chi connectivity index (χ2v) is 3.50. The molecule has 0 aromatic carbocycles. The Morgan fingerprint density at radius 3 is 1.89 bits per heavy atom. The Kier molecular flexibility index (Phi) is 8.09. The Hall–Kier alpha value is -2.55. The molecular formula is C16H16N2O. The van der Waals surface area contributed by atoms with Gasteiger partial charge in [-0.2, -0.15) is 0 Å². The van der Waals surface area contributed by atoms with E-state index in [2.05, 4.69) is 9.98 Å². The highest BCUT2D eigenvalue weighted by atomic mass is 16.1. The Labute approximate surface area is 113 Å². The van der Waals surface area contributed by atoms with E-state index in [9.17, 15) is 4.79 Å². The number of carbonyl (C=O) groups is 1. The lowest BCUT2D eigenvalue weighted by Crippen LogP contribution is -2.02. The molecule has 0 amide bonds. The molecule has 1 rings (SSSR count). The van der Waals surface area contributed by atoms with Gasteiger partial charge in [0.15, 0.2) is 5.78 Å². The van der Waals surface area contributed by atoms with Gasteiger partial charge in [-0.3, -0.25) is 14.8 Å². The number of aliphatic imine (C=N–C) groups is 2. The average molecular weight is 252 g/mol. The second kappa shape index (κ2) is 10.6. The second-order valence-electron chi connectivity index (χ2n) is 3.50. The molecule has 1 aliphatic heterocycles. The minimum atomic E-state index is -0.127. The van der Waals surface area contributed by atoms with Crippen molar-refractivity contribution in [1.82, 2.24) is 0 Å². The largest absolute Gasteiger partial charge is 0.291 e. The smallest absolute Gasteiger partial charge is 0.195 e. The van der Waals surface area contributed by atoms with Crippen LogP contribution in [0.5, 0.6) is 0 Å². The monoisotopic (exact) mass is 252 g/mol. The molecule has 0 saturated carbocycles. The third kappa shape index (κ3) is 9.18. The SMILES string of the molecule is O=C1C=N\C=C/C=C\C=C/C=C\C=C/C=C\C=NC1. The molecule has 0 radical (unpaired) electrons. The van der Waals surface area contributed by atoms with Gasteiger partial charge in [0.2, 0.25) is 0 Å². The summed E-state index contributed by atoms with van der Waals surface area (Å²) < 4.78 is 0. The number of carbonyl (C=O) groups excluding carboxylic acids is 1. The predicted molar refractivity (Wildman–Crippen MR) is 81.7 cm³/mol. The Morgan fingerprint density at radius 1 is 0.737 bits per heavy atom. The number of ketones is 1. The summed E-state index contributed by atoms with van der Waals surface area (Å²) in [7, 11) is 0. The van der Waals surface area contributed by atoms with Crippen LogP contribution < -0.4 is 0 Å². The van der Waals surface area contributed by atoms with Gasteiger partial charge in [0.1, 0.15) is 6.54 Å². The number of nitrogens with zero attached hydrogens (tertiary/aromatic N) is 2. The van der Waals surface area contributed by atoms with Crippen molar-refractivity contribution in [2.24, 2.45) is 9.98 Å². The van der Waals surface area contributed by atoms with Crippen molar-refractivity contribution < 1.29 is 4.79 Å². The molecule has 19 heavy (non-hydrogen) atoms. The molecule has 96 valence electrons. The van der Waals surface area contributed by atoms with Crippen molar-refractivity contribution in [2.45, 2.75) is 0 Å². The van der Waals surface area contributed by atoms with Crippen LogP contribution in [0.2, 0.25) is 0 Å². The van der Waals surface area contributed by atoms with Gasteiger partial charge < -0.3 is 0 Å². The van der Waals surface area contributed by atoms with Crippen molar-refractivity contribution in [3.05, 3.63) is 73.0 Å². The van der Waals surface area contributed by atoms with E-state index in [4.69, 9.17) is 0 Å². The van der Waals surface area contributed by atoms with Gasteiger partial charge in [0, 0.05) is 12.4 Å². The molecule has 0 atom stereocenters. The fraction of sp³-hybridized carbons (Fsp3) is 0.0625. The van der Waals surface area contributed by atoms with Gasteiger partial charge >= 0.3 is 0 Å². The van der Waals surface area contributed by atoms with Crippen molar-refractivity contribution in [3.8, 4) is 0 Å². The van der Waals surface area contributed by atoms with E-state index in [1.165, 1.54) is 6.21 Å². The molecule has 1 aliphatic rings. The number of Topliss-reactive ketones (excluding diaryl/α,β-unsaturated/α-hetero) is 1. The van der Waals surface area contributed by atoms with Gasteiger partial charge in [0.25, 0.3) is 0 Å². The van der Waals surface area contributed by atoms with E-state index in [1.54, 1.807) is 24.6 Å². The molecule has 0 bridgehead atoms. The normalized spacial score (nSPS) is 26.8. The van der Waals surface area contributed by atoms with Gasteiger partial charge in [-0.1, -0.05) is 54.7 Å². The first kappa shape index (κ1) is 14.5. The molecule has 0 fully saturated rings. The van der Waals surface area contributed by atoms with Crippen molar-refractivity contribution in [1.29, 1.82) is 0 Å². The lowest BCUT2D eigenvalue weighted by molar-refractivity contribution is -0.111. The average Bonchev–Trinajstić information content (AvgIpc) is 2.41. The first-order chi connectivity index (χ1) is 9.39. The maximum absolute atomic E-state index is 11.3. The summed E-state index contributed by atoms with van der Waals surface area (Å²) in [6, 6.07) is 0. The Balaban J connectivity index is 2.69. The summed E-state index contributed by atoms with van der Waals surface area (Å²) in [5.74, 6) is -0.127. The van der Waals surface area contributed by atoms with E-state index in [0.29, 0.717) is 0 Å². The van der Waals surface area contributed by atoms with Crippen LogP contribution in [0.15, 0.2) is 83.0 Å². The summed E-state index contributed by atoms with van der Waals surface area (Å²) in [5.41, 5.74) is 0. The summed E-state index contributed by atoms with van der Waals surface area (Å²) >= 11 is 0. The van der Waals surface area contributed by atoms with Crippen LogP contribution in [-0.4, -0.2) is 24.8 Å². The maximum atomic E-state index is 11.3. The van der Waals surface area contributed by atoms with Crippen molar-refractivity contribution >= 4 is 18.2 Å². The van der Waals surface area contributed by atoms with Crippen LogP contribution in [0.25, 0.3) is 0 Å². The van der Waals surface area contributed by atoms with E-state index in [1.807, 2.05) is 54.7 Å². The molecule has 0 unspecified atom stereocenters. The van der Waals surface area contributed by atoms with Crippen LogP contribution in [0.3, 0.4) is 0 Å². The van der Waals surface area contributed by atoms with Crippen LogP contribution >= 0.6 is 0 Å². The quantitative estimate of drug-likeness (QED) is 0.653. The maximum Gasteiger partial charge on any atom is 0.195 e. The zero-order valence-electron chi connectivity index (χ0n) is 10.6. The molecule has 0 aromatic rings. The lowest BCUT2D eigenvalue weighted by Gasteiger charge is -1.84. The fourth-order valence-electron chi connectivity index (χ4n) is 1.10. The fourth-order valence-corrected chi connectivity index (χ4v) is 1.10. The van der Waals surface area contributed by atoms with Crippen LogP contribution in [0.1, 0.15) is 0 Å². The van der Waals surface area contributed by atoms with E-state index in [0.717, 1.165) is 0 Å². The molecule has 1 heterocycles. The lowest BCUT2D eigenvalue weighted by atomic mass is 10.3. The highest BCUT2D eigenvalue weighted by Crippen LogP contribution is 1.85. The van der Waals surface area contributed by atoms with Gasteiger partial charge in [0.05, 0.1) is 6.21 Å². The Bertz CT molecular complexity index is 501. The number of allylic oxidation sites excluding steroid dienone is 11. The predicted octanol–water partition coefficient (Wildman–Crippen LogP) is 3.01. The van der Waals surface area contributed by atoms with Gasteiger partial charge in [-0.15, -0.1) is 0 Å². The van der Waals surface area contributed by atoms with E-state index in [-0.39, 0.29) is 12.3 Å². The first-order valence-corrected chi connectivity index (χ1v) is 5.94. The third-order valence-electron chi connectivity index (χ3n) is 1.94. The Morgan fingerprint density at radius 2 is 1.26 bits per heavy atom. The van der Waals surface area contributed by atoms with Crippen LogP contribution in [-0.2, 0) is 4.79 Å². The minimum absolute atomic E-state index is 0.115. The minimum Gasteiger partial charge on any atom is -0.291 e. The molecule has 0 aliphatic carbocycles. The van der Waals surface area contributed by atoms with Crippen LogP contribution in [0.4, 0.5) is 0 Å². The van der Waals surface area contributed by atoms with Gasteiger partial charge in [-0.25, -0.2) is 0 Å². The first-order valence-electron chi connectivity index (χ1n) is 5.94. The molecule has 0 spiro atoms. The van der Waals surface area contributed by atoms with E-state index >= 15 is 0 Å². The summed E-state index contributed by atoms with van der Waals surface area (Å²) in [6.07, 6.45) is 25.0. The number of rotatable bonds is 0. The zero-order chi connectivity index (χ0) is 13.6. The van der Waals surface area contributed by atoms with E-state index < -0.39 is 0 Å². The topological polar surface area (TPSA) is 41.8 Å². The molecule has 0 saturated heterocycles. The molecule has 3 heteroatoms. The third-order valence-corrected chi connectivity index (χ3v) is 1.94. The van der Waals surface area contributed by atoms with Crippen molar-refractivity contribution in [3.63, 3.8) is 0 Å². The zero-order valence-corrected chi connectivity index (χ0v) is 10.6. The standard InChI is InChI=1S/C16H16N2O/c19-16-14-17-12-10-8-6-4-2-1-3-5-7-9-11-13-18-15-16/h1-14H,15H2/b3-1-,4-2-,7-5-,8-6-,11-9-,12-10-,17-14?,18-13?. The highest BCUT2D eigenvalue weighted by Gasteiger charge is 1.91. The number of hydrogen-bond donors (Lipinski definition) is 0. The molecular weight excluding hydrogens is 236 g/mol. The number of hydrogen-bond acceptors (Lipinski definition) is 3.